The lowest BCUT2D eigenvalue weighted by Gasteiger charge is -2.35. The lowest BCUT2D eigenvalue weighted by Crippen LogP contribution is -2.45. The minimum absolute atomic E-state index is 0.00152. The number of carbonyl (C=O) groups is 1. The van der Waals surface area contributed by atoms with Gasteiger partial charge >= 0.3 is 0 Å². The highest BCUT2D eigenvalue weighted by atomic mass is 16.5. The maximum absolute atomic E-state index is 13.4. The summed E-state index contributed by atoms with van der Waals surface area (Å²) in [4.78, 5) is 24.3. The fourth-order valence-electron chi connectivity index (χ4n) is 3.99. The number of amides is 1. The number of hydrogen-bond acceptors (Lipinski definition) is 5. The van der Waals surface area contributed by atoms with E-state index in [2.05, 4.69) is 22.0 Å². The van der Waals surface area contributed by atoms with Crippen LogP contribution in [0.5, 0.6) is 0 Å². The minimum Gasteiger partial charge on any atom is -0.334 e. The number of fused-ring (bicyclic) bond motifs is 1. The summed E-state index contributed by atoms with van der Waals surface area (Å²) < 4.78 is 5.30. The van der Waals surface area contributed by atoms with E-state index < -0.39 is 0 Å². The SMILES string of the molecule is CCCC1CC2CC2CN1C(=O)c1nc(C)ccc1-c1nc(C)no1. The van der Waals surface area contributed by atoms with Crippen molar-refractivity contribution in [3.8, 4) is 11.5 Å². The minimum atomic E-state index is -0.00152. The Morgan fingerprint density at radius 1 is 1.24 bits per heavy atom. The van der Waals surface area contributed by atoms with Crippen molar-refractivity contribution < 1.29 is 9.32 Å². The van der Waals surface area contributed by atoms with E-state index in [1.807, 2.05) is 24.0 Å². The Morgan fingerprint density at radius 3 is 2.80 bits per heavy atom. The van der Waals surface area contributed by atoms with Crippen molar-refractivity contribution in [3.05, 3.63) is 29.3 Å². The first-order valence-electron chi connectivity index (χ1n) is 9.16. The van der Waals surface area contributed by atoms with E-state index in [-0.39, 0.29) is 5.91 Å². The highest BCUT2D eigenvalue weighted by molar-refractivity contribution is 5.98. The number of likely N-dealkylation sites (tertiary alicyclic amines) is 1. The Kier molecular flexibility index (Phi) is 4.06. The Balaban J connectivity index is 1.70. The summed E-state index contributed by atoms with van der Waals surface area (Å²) in [5.41, 5.74) is 1.88. The molecular weight excluding hydrogens is 316 g/mol. The van der Waals surface area contributed by atoms with Crippen LogP contribution in [0.4, 0.5) is 0 Å². The van der Waals surface area contributed by atoms with Gasteiger partial charge in [-0.15, -0.1) is 0 Å². The van der Waals surface area contributed by atoms with Gasteiger partial charge in [-0.1, -0.05) is 18.5 Å². The molecule has 3 atom stereocenters. The summed E-state index contributed by atoms with van der Waals surface area (Å²) >= 11 is 0. The van der Waals surface area contributed by atoms with Gasteiger partial charge in [0.2, 0.25) is 0 Å². The molecule has 1 saturated carbocycles. The molecule has 3 heterocycles. The van der Waals surface area contributed by atoms with Crippen molar-refractivity contribution in [2.75, 3.05) is 6.54 Å². The van der Waals surface area contributed by atoms with E-state index in [1.54, 1.807) is 6.92 Å². The number of aromatic nitrogens is 3. The largest absolute Gasteiger partial charge is 0.334 e. The van der Waals surface area contributed by atoms with Crippen LogP contribution >= 0.6 is 0 Å². The Labute approximate surface area is 147 Å². The van der Waals surface area contributed by atoms with Crippen LogP contribution in [-0.2, 0) is 0 Å². The third kappa shape index (κ3) is 3.05. The Hall–Kier alpha value is -2.24. The Bertz CT molecular complexity index is 800. The highest BCUT2D eigenvalue weighted by Crippen LogP contribution is 2.48. The first-order valence-corrected chi connectivity index (χ1v) is 9.16. The fraction of sp³-hybridized carbons (Fsp3) is 0.579. The topological polar surface area (TPSA) is 72.1 Å². The molecule has 1 saturated heterocycles. The molecule has 2 aromatic rings. The second kappa shape index (κ2) is 6.24. The van der Waals surface area contributed by atoms with Gasteiger partial charge < -0.3 is 9.42 Å². The van der Waals surface area contributed by atoms with Crippen molar-refractivity contribution >= 4 is 5.91 Å². The number of pyridine rings is 1. The average molecular weight is 340 g/mol. The smallest absolute Gasteiger partial charge is 0.273 e. The van der Waals surface area contributed by atoms with Crippen LogP contribution in [0.2, 0.25) is 0 Å². The molecule has 1 aliphatic carbocycles. The number of piperidine rings is 1. The predicted molar refractivity (Wildman–Crippen MR) is 92.9 cm³/mol. The van der Waals surface area contributed by atoms with Crippen LogP contribution in [0.15, 0.2) is 16.7 Å². The van der Waals surface area contributed by atoms with Crippen LogP contribution in [0.1, 0.15) is 54.6 Å². The molecule has 0 N–H and O–H groups in total. The van der Waals surface area contributed by atoms with Gasteiger partial charge in [0.05, 0.1) is 5.56 Å². The maximum atomic E-state index is 13.4. The summed E-state index contributed by atoms with van der Waals surface area (Å²) in [5.74, 6) is 2.41. The molecule has 2 fully saturated rings. The van der Waals surface area contributed by atoms with Crippen molar-refractivity contribution in [3.63, 3.8) is 0 Å². The molecule has 6 nitrogen and oxygen atoms in total. The van der Waals surface area contributed by atoms with E-state index in [9.17, 15) is 4.79 Å². The molecule has 0 bridgehead atoms. The maximum Gasteiger partial charge on any atom is 0.273 e. The van der Waals surface area contributed by atoms with Gasteiger partial charge in [-0.05, 0) is 57.1 Å². The lowest BCUT2D eigenvalue weighted by molar-refractivity contribution is 0.0581. The standard InChI is InChI=1S/C19H24N4O2/c1-4-5-15-9-13-8-14(13)10-23(15)19(24)17-16(7-6-11(2)20-17)18-21-12(3)22-25-18/h6-7,13-15H,4-5,8-10H2,1-3H3. The summed E-state index contributed by atoms with van der Waals surface area (Å²) in [6.07, 6.45) is 4.53. The number of carbonyl (C=O) groups excluding carboxylic acids is 1. The zero-order valence-corrected chi connectivity index (χ0v) is 15.0. The fourth-order valence-corrected chi connectivity index (χ4v) is 3.99. The van der Waals surface area contributed by atoms with E-state index in [0.29, 0.717) is 34.9 Å². The first kappa shape index (κ1) is 16.2. The van der Waals surface area contributed by atoms with Gasteiger partial charge in [-0.2, -0.15) is 4.98 Å². The van der Waals surface area contributed by atoms with Gasteiger partial charge in [0.15, 0.2) is 5.82 Å². The first-order chi connectivity index (χ1) is 12.1. The summed E-state index contributed by atoms with van der Waals surface area (Å²) in [7, 11) is 0. The van der Waals surface area contributed by atoms with Gasteiger partial charge in [0, 0.05) is 18.3 Å². The quantitative estimate of drug-likeness (QED) is 0.853. The number of nitrogens with zero attached hydrogens (tertiary/aromatic N) is 4. The molecule has 0 aromatic carbocycles. The molecule has 2 aliphatic rings. The zero-order chi connectivity index (χ0) is 17.6. The van der Waals surface area contributed by atoms with Crippen molar-refractivity contribution in [2.24, 2.45) is 11.8 Å². The second-order valence-electron chi connectivity index (χ2n) is 7.39. The van der Waals surface area contributed by atoms with Crippen LogP contribution < -0.4 is 0 Å². The normalized spacial score (nSPS) is 24.9. The summed E-state index contributed by atoms with van der Waals surface area (Å²) in [6.45, 7) is 6.70. The zero-order valence-electron chi connectivity index (χ0n) is 15.0. The van der Waals surface area contributed by atoms with E-state index in [4.69, 9.17) is 4.52 Å². The molecule has 0 radical (unpaired) electrons. The molecule has 6 heteroatoms. The molecule has 4 rings (SSSR count). The highest BCUT2D eigenvalue weighted by Gasteiger charge is 2.47. The van der Waals surface area contributed by atoms with Gasteiger partial charge in [0.25, 0.3) is 11.8 Å². The summed E-state index contributed by atoms with van der Waals surface area (Å²) in [6, 6.07) is 4.06. The second-order valence-corrected chi connectivity index (χ2v) is 7.39. The average Bonchev–Trinajstić information content (AvgIpc) is 3.23. The number of hydrogen-bond donors (Lipinski definition) is 0. The van der Waals surface area contributed by atoms with Crippen molar-refractivity contribution in [1.29, 1.82) is 0 Å². The van der Waals surface area contributed by atoms with Gasteiger partial charge in [-0.3, -0.25) is 4.79 Å². The molecule has 132 valence electrons. The number of aryl methyl sites for hydroxylation is 2. The predicted octanol–water partition coefficient (Wildman–Crippen LogP) is 3.40. The van der Waals surface area contributed by atoms with Gasteiger partial charge in [0.1, 0.15) is 5.69 Å². The third-order valence-corrected chi connectivity index (χ3v) is 5.39. The van der Waals surface area contributed by atoms with Crippen LogP contribution in [0, 0.1) is 25.7 Å². The Morgan fingerprint density at radius 2 is 2.08 bits per heavy atom. The molecule has 3 unspecified atom stereocenters. The van der Waals surface area contributed by atoms with Crippen molar-refractivity contribution in [2.45, 2.75) is 52.5 Å². The number of rotatable bonds is 4. The van der Waals surface area contributed by atoms with E-state index >= 15 is 0 Å². The molecule has 0 spiro atoms. The van der Waals surface area contributed by atoms with Gasteiger partial charge in [-0.25, -0.2) is 4.98 Å². The molecule has 2 aromatic heterocycles. The van der Waals surface area contributed by atoms with Crippen LogP contribution in [0.25, 0.3) is 11.5 Å². The molecular formula is C19H24N4O2. The monoisotopic (exact) mass is 340 g/mol. The van der Waals surface area contributed by atoms with E-state index in [0.717, 1.165) is 37.4 Å². The third-order valence-electron chi connectivity index (χ3n) is 5.39. The van der Waals surface area contributed by atoms with Crippen LogP contribution in [0.3, 0.4) is 0 Å². The van der Waals surface area contributed by atoms with Crippen molar-refractivity contribution in [1.82, 2.24) is 20.0 Å². The molecule has 25 heavy (non-hydrogen) atoms. The lowest BCUT2D eigenvalue weighted by atomic mass is 9.97. The molecule has 1 amide bonds. The van der Waals surface area contributed by atoms with Crippen LogP contribution in [-0.4, -0.2) is 38.5 Å². The van der Waals surface area contributed by atoms with E-state index in [1.165, 1.54) is 6.42 Å². The molecule has 1 aliphatic heterocycles. The summed E-state index contributed by atoms with van der Waals surface area (Å²) in [5, 5.41) is 3.85.